The molecule has 1 unspecified atom stereocenters. The number of rotatable bonds is 1. The summed E-state index contributed by atoms with van der Waals surface area (Å²) in [5, 5.41) is 14.5. The van der Waals surface area contributed by atoms with Gasteiger partial charge in [0.15, 0.2) is 0 Å². The van der Waals surface area contributed by atoms with Gasteiger partial charge in [-0.05, 0) is 38.5 Å². The first kappa shape index (κ1) is 13.8. The molecule has 3 rings (SSSR count). The number of nitrogens with two attached hydrogens (primary N) is 1. The minimum atomic E-state index is -0.997. The van der Waals surface area contributed by atoms with Gasteiger partial charge in [-0.1, -0.05) is 18.8 Å². The smallest absolute Gasteiger partial charge is 0.254 e. The van der Waals surface area contributed by atoms with Crippen LogP contribution in [0.2, 0.25) is 0 Å². The fraction of sp³-hybridized carbons (Fsp3) is 0.533. The molecule has 0 radical (unpaired) electrons. The zero-order chi connectivity index (χ0) is 15.2. The molecule has 0 saturated heterocycles. The molecule has 21 heavy (non-hydrogen) atoms. The Kier molecular flexibility index (Phi) is 3.10. The highest BCUT2D eigenvalue weighted by Crippen LogP contribution is 2.40. The molecule has 1 fully saturated rings. The lowest BCUT2D eigenvalue weighted by molar-refractivity contribution is -0.00794. The van der Waals surface area contributed by atoms with Crippen molar-refractivity contribution in [3.05, 3.63) is 17.6 Å². The van der Waals surface area contributed by atoms with Gasteiger partial charge in [-0.3, -0.25) is 0 Å². The molecule has 0 amide bonds. The Morgan fingerprint density at radius 1 is 1.48 bits per heavy atom. The molecule has 0 aliphatic heterocycles. The molecule has 110 valence electrons. The van der Waals surface area contributed by atoms with Crippen LogP contribution in [0.3, 0.4) is 0 Å². The van der Waals surface area contributed by atoms with Crippen molar-refractivity contribution in [3.8, 4) is 11.8 Å². The van der Waals surface area contributed by atoms with Gasteiger partial charge in [0.05, 0.1) is 11.3 Å². The molecule has 1 saturated carbocycles. The highest BCUT2D eigenvalue weighted by molar-refractivity contribution is 5.57. The van der Waals surface area contributed by atoms with E-state index in [-0.39, 0.29) is 5.92 Å². The van der Waals surface area contributed by atoms with E-state index >= 15 is 0 Å². The molecule has 2 aromatic heterocycles. The van der Waals surface area contributed by atoms with Crippen LogP contribution < -0.4 is 5.73 Å². The molecule has 3 N–H and O–H groups in total. The van der Waals surface area contributed by atoms with Crippen LogP contribution in [0.4, 0.5) is 5.82 Å². The SMILES string of the molecule is Cc1nc2ncnn2c(N)c1C#CC(C)(O)C1CC(C)C1. The molecule has 6 nitrogen and oxygen atoms in total. The lowest BCUT2D eigenvalue weighted by Crippen LogP contribution is -2.41. The zero-order valence-corrected chi connectivity index (χ0v) is 12.5. The molecule has 1 atom stereocenters. The maximum atomic E-state index is 10.5. The van der Waals surface area contributed by atoms with E-state index in [2.05, 4.69) is 33.8 Å². The molecule has 6 heteroatoms. The first-order chi connectivity index (χ1) is 9.88. The van der Waals surface area contributed by atoms with Crippen LogP contribution in [0.25, 0.3) is 5.78 Å². The summed E-state index contributed by atoms with van der Waals surface area (Å²) in [6.07, 6.45) is 3.42. The number of fused-ring (bicyclic) bond motifs is 1. The topological polar surface area (TPSA) is 89.3 Å². The Labute approximate surface area is 123 Å². The Hall–Kier alpha value is -2.13. The maximum absolute atomic E-state index is 10.5. The van der Waals surface area contributed by atoms with E-state index in [1.165, 1.54) is 10.8 Å². The predicted molar refractivity (Wildman–Crippen MR) is 79.3 cm³/mol. The average molecular weight is 285 g/mol. The minimum Gasteiger partial charge on any atom is -0.382 e. The summed E-state index contributed by atoms with van der Waals surface area (Å²) in [5.41, 5.74) is 6.37. The van der Waals surface area contributed by atoms with Crippen LogP contribution >= 0.6 is 0 Å². The van der Waals surface area contributed by atoms with Gasteiger partial charge in [-0.2, -0.15) is 14.6 Å². The standard InChI is InChI=1S/C15H19N5O/c1-9-6-11(7-9)15(3,21)5-4-12-10(2)19-14-17-8-18-20(14)13(12)16/h8-9,11,21H,6-7,16H2,1-3H3. The van der Waals surface area contributed by atoms with E-state index in [0.717, 1.165) is 12.8 Å². The second-order valence-corrected chi connectivity index (χ2v) is 6.10. The Morgan fingerprint density at radius 2 is 2.19 bits per heavy atom. The van der Waals surface area contributed by atoms with Crippen LogP contribution in [0.15, 0.2) is 6.33 Å². The van der Waals surface area contributed by atoms with Crippen molar-refractivity contribution in [1.29, 1.82) is 0 Å². The van der Waals surface area contributed by atoms with Gasteiger partial charge < -0.3 is 10.8 Å². The van der Waals surface area contributed by atoms with E-state index in [0.29, 0.717) is 28.8 Å². The number of nitrogen functional groups attached to an aromatic ring is 1. The second kappa shape index (κ2) is 4.71. The Balaban J connectivity index is 1.97. The van der Waals surface area contributed by atoms with E-state index < -0.39 is 5.60 Å². The van der Waals surface area contributed by atoms with Crippen LogP contribution in [0.1, 0.15) is 37.9 Å². The van der Waals surface area contributed by atoms with Crippen molar-refractivity contribution >= 4 is 11.6 Å². The molecule has 0 bridgehead atoms. The van der Waals surface area contributed by atoms with Gasteiger partial charge >= 0.3 is 0 Å². The largest absolute Gasteiger partial charge is 0.382 e. The van der Waals surface area contributed by atoms with Crippen molar-refractivity contribution < 1.29 is 5.11 Å². The van der Waals surface area contributed by atoms with E-state index in [1.54, 1.807) is 6.92 Å². The zero-order valence-electron chi connectivity index (χ0n) is 12.5. The second-order valence-electron chi connectivity index (χ2n) is 6.10. The van der Waals surface area contributed by atoms with Crippen LogP contribution in [0, 0.1) is 30.6 Å². The third-order valence-corrected chi connectivity index (χ3v) is 4.25. The Bertz CT molecular complexity index is 746. The summed E-state index contributed by atoms with van der Waals surface area (Å²) in [5.74, 6) is 7.70. The van der Waals surface area contributed by atoms with Gasteiger partial charge in [0.25, 0.3) is 5.78 Å². The number of aryl methyl sites for hydroxylation is 1. The van der Waals surface area contributed by atoms with Gasteiger partial charge in [-0.15, -0.1) is 0 Å². The van der Waals surface area contributed by atoms with Gasteiger partial charge in [-0.25, -0.2) is 4.98 Å². The normalized spacial score (nSPS) is 24.0. The summed E-state index contributed by atoms with van der Waals surface area (Å²) in [6, 6.07) is 0. The molecular formula is C15H19N5O. The number of hydrogen-bond donors (Lipinski definition) is 2. The molecular weight excluding hydrogens is 266 g/mol. The van der Waals surface area contributed by atoms with E-state index in [4.69, 9.17) is 5.73 Å². The minimum absolute atomic E-state index is 0.226. The number of aliphatic hydroxyl groups is 1. The third kappa shape index (κ3) is 2.34. The molecule has 0 aromatic carbocycles. The van der Waals surface area contributed by atoms with Gasteiger partial charge in [0, 0.05) is 0 Å². The van der Waals surface area contributed by atoms with Gasteiger partial charge in [0.2, 0.25) is 0 Å². The summed E-state index contributed by atoms with van der Waals surface area (Å²) >= 11 is 0. The van der Waals surface area contributed by atoms with Crippen LogP contribution in [0.5, 0.6) is 0 Å². The first-order valence-corrected chi connectivity index (χ1v) is 7.10. The fourth-order valence-electron chi connectivity index (χ4n) is 2.79. The number of hydrogen-bond acceptors (Lipinski definition) is 5. The predicted octanol–water partition coefficient (Wildman–Crippen LogP) is 1.16. The quantitative estimate of drug-likeness (QED) is 0.768. The van der Waals surface area contributed by atoms with E-state index in [1.807, 2.05) is 6.92 Å². The first-order valence-electron chi connectivity index (χ1n) is 7.10. The number of anilines is 1. The van der Waals surface area contributed by atoms with E-state index in [9.17, 15) is 5.11 Å². The third-order valence-electron chi connectivity index (χ3n) is 4.25. The van der Waals surface area contributed by atoms with Crippen molar-refractivity contribution in [2.24, 2.45) is 11.8 Å². The monoisotopic (exact) mass is 285 g/mol. The highest BCUT2D eigenvalue weighted by Gasteiger charge is 2.38. The molecule has 1 aliphatic carbocycles. The Morgan fingerprint density at radius 3 is 2.86 bits per heavy atom. The number of nitrogens with zero attached hydrogens (tertiary/aromatic N) is 4. The molecule has 1 aliphatic rings. The fourth-order valence-corrected chi connectivity index (χ4v) is 2.79. The lowest BCUT2D eigenvalue weighted by atomic mass is 9.68. The molecule has 0 spiro atoms. The van der Waals surface area contributed by atoms with Crippen molar-refractivity contribution in [1.82, 2.24) is 19.6 Å². The molecule has 2 aromatic rings. The average Bonchev–Trinajstić information content (AvgIpc) is 2.82. The maximum Gasteiger partial charge on any atom is 0.254 e. The molecule has 2 heterocycles. The number of aromatic nitrogens is 4. The summed E-state index contributed by atoms with van der Waals surface area (Å²) in [4.78, 5) is 8.33. The highest BCUT2D eigenvalue weighted by atomic mass is 16.3. The van der Waals surface area contributed by atoms with Crippen molar-refractivity contribution in [2.45, 2.75) is 39.2 Å². The summed E-state index contributed by atoms with van der Waals surface area (Å²) in [6.45, 7) is 5.78. The van der Waals surface area contributed by atoms with Crippen LogP contribution in [-0.4, -0.2) is 30.3 Å². The lowest BCUT2D eigenvalue weighted by Gasteiger charge is -2.40. The van der Waals surface area contributed by atoms with Crippen LogP contribution in [-0.2, 0) is 0 Å². The van der Waals surface area contributed by atoms with Crippen molar-refractivity contribution in [3.63, 3.8) is 0 Å². The summed E-state index contributed by atoms with van der Waals surface area (Å²) < 4.78 is 1.46. The summed E-state index contributed by atoms with van der Waals surface area (Å²) in [7, 11) is 0. The van der Waals surface area contributed by atoms with Crippen molar-refractivity contribution in [2.75, 3.05) is 5.73 Å². The van der Waals surface area contributed by atoms with Gasteiger partial charge in [0.1, 0.15) is 17.7 Å².